The third-order valence-corrected chi connectivity index (χ3v) is 26.0. The fraction of sp³-hybridized carbons (Fsp3) is 0.719. The quantitative estimate of drug-likeness (QED) is 0.208. The molecule has 2 saturated heterocycles. The Morgan fingerprint density at radius 1 is 1.09 bits per heavy atom. The van der Waals surface area contributed by atoms with Crippen LogP contribution in [0, 0.1) is 5.82 Å². The zero-order valence-electron chi connectivity index (χ0n) is 26.8. The Balaban J connectivity index is 1.87. The third kappa shape index (κ3) is 7.80. The second kappa shape index (κ2) is 15.6. The molecule has 0 aliphatic carbocycles. The zero-order chi connectivity index (χ0) is 31.1. The number of hydrogen-bond acceptors (Lipinski definition) is 6. The van der Waals surface area contributed by atoms with Crippen molar-refractivity contribution in [3.05, 3.63) is 16.9 Å². The second-order valence-electron chi connectivity index (χ2n) is 12.7. The number of halogens is 2. The molecule has 4 rings (SSSR count). The Labute approximate surface area is 266 Å². The summed E-state index contributed by atoms with van der Waals surface area (Å²) in [6, 6.07) is 2.20. The number of piperazine rings is 1. The number of rotatable bonds is 14. The van der Waals surface area contributed by atoms with Gasteiger partial charge in [-0.2, -0.15) is 0 Å². The molecular weight excluding hydrogens is 676 g/mol. The molecule has 1 N–H and O–H groups in total. The van der Waals surface area contributed by atoms with Crippen LogP contribution in [-0.4, -0.2) is 101 Å². The summed E-state index contributed by atoms with van der Waals surface area (Å²) in [6.45, 7) is 11.2. The van der Waals surface area contributed by atoms with Gasteiger partial charge < -0.3 is 0 Å². The van der Waals surface area contributed by atoms with E-state index in [1.165, 1.54) is 4.90 Å². The number of hydrogen-bond donors (Lipinski definition) is 1. The van der Waals surface area contributed by atoms with E-state index in [9.17, 15) is 9.90 Å². The Kier molecular flexibility index (Phi) is 12.4. The van der Waals surface area contributed by atoms with Crippen LogP contribution in [0.2, 0.25) is 18.3 Å². The normalized spacial score (nSPS) is 19.9. The predicted molar refractivity (Wildman–Crippen MR) is 177 cm³/mol. The van der Waals surface area contributed by atoms with Crippen molar-refractivity contribution in [1.82, 2.24) is 19.8 Å². The number of benzene rings is 1. The number of ether oxygens (including phenoxy) is 1. The van der Waals surface area contributed by atoms with E-state index in [0.29, 0.717) is 42.5 Å². The van der Waals surface area contributed by atoms with Crippen molar-refractivity contribution in [3.63, 3.8) is 0 Å². The summed E-state index contributed by atoms with van der Waals surface area (Å²) >= 11 is 3.87. The summed E-state index contributed by atoms with van der Waals surface area (Å²) in [7, 11) is 2.10. The van der Waals surface area contributed by atoms with Crippen molar-refractivity contribution in [3.8, 4) is 6.01 Å². The summed E-state index contributed by atoms with van der Waals surface area (Å²) < 4.78 is 27.5. The second-order valence-corrected chi connectivity index (χ2v) is 26.1. The number of likely N-dealkylation sites (N-methyl/N-ethyl adjacent to an activating group) is 1. The monoisotopic (exact) mass is 727 g/mol. The summed E-state index contributed by atoms with van der Waals surface area (Å²) in [5, 5.41) is 10.7. The average molecular weight is 727 g/mol. The van der Waals surface area contributed by atoms with Crippen molar-refractivity contribution >= 4 is 56.4 Å². The molecule has 2 fully saturated rings. The van der Waals surface area contributed by atoms with Crippen molar-refractivity contribution in [2.75, 3.05) is 44.7 Å². The molecule has 11 heteroatoms. The van der Waals surface area contributed by atoms with Gasteiger partial charge in [-0.25, -0.2) is 0 Å². The van der Waals surface area contributed by atoms with Crippen LogP contribution in [0.1, 0.15) is 79.1 Å². The van der Waals surface area contributed by atoms with Gasteiger partial charge in [0, 0.05) is 0 Å². The number of nitrogens with zero attached hydrogens (tertiary/aromatic N) is 5. The number of likely N-dealkylation sites (tertiary alicyclic amines) is 1. The van der Waals surface area contributed by atoms with Crippen LogP contribution in [0.4, 0.5) is 15.0 Å². The van der Waals surface area contributed by atoms with Crippen LogP contribution >= 0.6 is 11.6 Å². The summed E-state index contributed by atoms with van der Waals surface area (Å²) in [5.41, 5.74) is 0.289. The average Bonchev–Trinajstić information content (AvgIpc) is 3.40. The summed E-state index contributed by atoms with van der Waals surface area (Å²) in [4.78, 5) is 27.1. The molecule has 1 amide bonds. The number of unbranched alkanes of at least 4 members (excludes halogenated alkanes) is 3. The summed E-state index contributed by atoms with van der Waals surface area (Å²) in [6.07, 6.45) is 7.79. The topological polar surface area (TPSA) is 82.0 Å². The first-order valence-electron chi connectivity index (χ1n) is 16.4. The van der Waals surface area contributed by atoms with Crippen LogP contribution < -0.4 is 13.2 Å². The first-order valence-corrected chi connectivity index (χ1v) is 24.3. The molecule has 0 radical (unpaired) electrons. The fourth-order valence-corrected chi connectivity index (χ4v) is 25.0. The van der Waals surface area contributed by atoms with E-state index in [4.69, 9.17) is 26.3 Å². The predicted octanol–water partition coefficient (Wildman–Crippen LogP) is 7.14. The zero-order valence-corrected chi connectivity index (χ0v) is 30.4. The van der Waals surface area contributed by atoms with Gasteiger partial charge in [0.25, 0.3) is 0 Å². The van der Waals surface area contributed by atoms with Crippen molar-refractivity contribution < 1.29 is 19.0 Å². The molecule has 43 heavy (non-hydrogen) atoms. The maximum atomic E-state index is 17.2. The molecule has 240 valence electrons. The van der Waals surface area contributed by atoms with E-state index in [1.807, 2.05) is 13.0 Å². The Morgan fingerprint density at radius 3 is 2.28 bits per heavy atom. The Hall–Kier alpha value is -1.59. The first-order chi connectivity index (χ1) is 20.7. The molecule has 0 spiro atoms. The van der Waals surface area contributed by atoms with E-state index in [1.54, 1.807) is 0 Å². The van der Waals surface area contributed by atoms with Crippen molar-refractivity contribution in [2.45, 2.75) is 104 Å². The van der Waals surface area contributed by atoms with Gasteiger partial charge in [-0.15, -0.1) is 0 Å². The van der Waals surface area contributed by atoms with E-state index in [-0.39, 0.29) is 29.4 Å². The molecule has 1 aromatic heterocycles. The number of amides is 1. The molecule has 2 atom stereocenters. The molecule has 2 aliphatic heterocycles. The van der Waals surface area contributed by atoms with Gasteiger partial charge in [-0.1, -0.05) is 0 Å². The van der Waals surface area contributed by atoms with Crippen molar-refractivity contribution in [2.24, 2.45) is 0 Å². The van der Waals surface area contributed by atoms with E-state index >= 15 is 4.39 Å². The Bertz CT molecular complexity index is 1230. The fourth-order valence-electron chi connectivity index (χ4n) is 7.03. The van der Waals surface area contributed by atoms with Crippen molar-refractivity contribution in [1.29, 1.82) is 0 Å². The summed E-state index contributed by atoms with van der Waals surface area (Å²) in [5.74, 6) is 0.297. The van der Waals surface area contributed by atoms with Crippen LogP contribution in [0.5, 0.6) is 6.01 Å². The van der Waals surface area contributed by atoms with Gasteiger partial charge in [0.2, 0.25) is 0 Å². The van der Waals surface area contributed by atoms with E-state index in [0.717, 1.165) is 74.8 Å². The molecule has 8 nitrogen and oxygen atoms in total. The Morgan fingerprint density at radius 2 is 1.74 bits per heavy atom. The number of carbonyl (C=O) groups is 1. The van der Waals surface area contributed by atoms with E-state index in [2.05, 4.69) is 37.6 Å². The molecule has 0 saturated carbocycles. The molecule has 2 aliphatic rings. The molecule has 2 unspecified atom stereocenters. The molecule has 1 aromatic carbocycles. The standard InChI is InChI=1S/C20H24ClFN5O3.3C4H9.Sn/c1-12-10-26(20(28)29)6-7-27(12)18-15-8-13(21)9-16(22)17(15)23-19(24-18)30-11-14-4-3-5-25(14)2;3*1-3-4-2;/h8,12,14H,3-7,10-11H2,1-2H3,(H,28,29);3*1,3-4H2,2H3;. The van der Waals surface area contributed by atoms with Gasteiger partial charge in [0.1, 0.15) is 0 Å². The molecular formula is C32H51ClFN5O3Sn. The van der Waals surface area contributed by atoms with Crippen LogP contribution in [0.15, 0.2) is 6.07 Å². The minimum atomic E-state index is -3.29. The van der Waals surface area contributed by atoms with Gasteiger partial charge >= 0.3 is 267 Å². The first kappa shape index (κ1) is 34.3. The molecule has 2 aromatic rings. The van der Waals surface area contributed by atoms with Gasteiger partial charge in [-0.05, 0) is 0 Å². The number of aromatic nitrogens is 2. The van der Waals surface area contributed by atoms with Gasteiger partial charge in [0.15, 0.2) is 0 Å². The number of anilines is 1. The van der Waals surface area contributed by atoms with Crippen LogP contribution in [0.25, 0.3) is 10.9 Å². The third-order valence-electron chi connectivity index (χ3n) is 9.65. The SMILES string of the molecule is CCC[CH2][Sn]([CH2]CCC)([CH2]CCC)[c]1c(Cl)cc2c(N3CCN(C(=O)O)CC3C)nc(OCC3CCCN3C)nc2c1F. The molecule has 0 bridgehead atoms. The minimum absolute atomic E-state index is 0.157. The maximum absolute atomic E-state index is 17.2. The van der Waals surface area contributed by atoms with Gasteiger partial charge in [0.05, 0.1) is 0 Å². The van der Waals surface area contributed by atoms with Gasteiger partial charge in [-0.3, -0.25) is 0 Å². The number of carboxylic acid groups (broad SMARTS) is 1. The number of fused-ring (bicyclic) bond motifs is 1. The molecule has 3 heterocycles. The van der Waals surface area contributed by atoms with E-state index < -0.39 is 24.5 Å². The van der Waals surface area contributed by atoms with Crippen LogP contribution in [-0.2, 0) is 0 Å². The van der Waals surface area contributed by atoms with Crippen LogP contribution in [0.3, 0.4) is 0 Å².